The van der Waals surface area contributed by atoms with E-state index < -0.39 is 0 Å². The van der Waals surface area contributed by atoms with Crippen molar-refractivity contribution in [3.8, 4) is 0 Å². The van der Waals surface area contributed by atoms with Crippen molar-refractivity contribution < 1.29 is 9.59 Å². The van der Waals surface area contributed by atoms with E-state index in [1.54, 1.807) is 12.1 Å². The monoisotopic (exact) mass is 319 g/mol. The lowest BCUT2D eigenvalue weighted by atomic mass is 9.98. The lowest BCUT2D eigenvalue weighted by molar-refractivity contribution is 0.0944. The van der Waals surface area contributed by atoms with Crippen molar-refractivity contribution in [2.75, 3.05) is 11.9 Å². The maximum atomic E-state index is 12.6. The first kappa shape index (κ1) is 14.5. The highest BCUT2D eigenvalue weighted by Gasteiger charge is 2.20. The highest BCUT2D eigenvalue weighted by molar-refractivity contribution is 6.07. The topological polar surface area (TPSA) is 63.1 Å². The number of hydrogen-bond acceptors (Lipinski definition) is 2. The zero-order valence-electron chi connectivity index (χ0n) is 13.3. The second-order valence-electron chi connectivity index (χ2n) is 5.99. The van der Waals surface area contributed by atoms with Crippen molar-refractivity contribution >= 4 is 28.4 Å². The molecule has 3 aromatic rings. The number of benzene rings is 2. The van der Waals surface area contributed by atoms with Gasteiger partial charge < -0.3 is 15.2 Å². The molecule has 2 heterocycles. The zero-order chi connectivity index (χ0) is 16.7. The molecule has 0 bridgehead atoms. The van der Waals surface area contributed by atoms with E-state index in [0.29, 0.717) is 29.8 Å². The van der Waals surface area contributed by atoms with Crippen LogP contribution in [0, 0.1) is 0 Å². The van der Waals surface area contributed by atoms with Gasteiger partial charge in [-0.3, -0.25) is 9.59 Å². The highest BCUT2D eigenvalue weighted by atomic mass is 16.2. The second kappa shape index (κ2) is 5.53. The fourth-order valence-corrected chi connectivity index (χ4v) is 3.18. The molecule has 1 aromatic heterocycles. The molecule has 1 aliphatic heterocycles. The summed E-state index contributed by atoms with van der Waals surface area (Å²) in [6.07, 6.45) is 2.69. The summed E-state index contributed by atoms with van der Waals surface area (Å²) in [5.41, 5.74) is 3.85. The van der Waals surface area contributed by atoms with Gasteiger partial charge in [0.05, 0.1) is 0 Å². The van der Waals surface area contributed by atoms with Crippen LogP contribution in [0.3, 0.4) is 0 Å². The average molecular weight is 319 g/mol. The summed E-state index contributed by atoms with van der Waals surface area (Å²) >= 11 is 0. The summed E-state index contributed by atoms with van der Waals surface area (Å²) in [5, 5.41) is 6.87. The summed E-state index contributed by atoms with van der Waals surface area (Å²) in [6, 6.07) is 13.1. The van der Waals surface area contributed by atoms with Gasteiger partial charge >= 0.3 is 0 Å². The Kier molecular flexibility index (Phi) is 3.34. The van der Waals surface area contributed by atoms with Crippen molar-refractivity contribution in [3.63, 3.8) is 0 Å². The van der Waals surface area contributed by atoms with E-state index in [4.69, 9.17) is 0 Å². The molecular formula is C19H17N3O2. The highest BCUT2D eigenvalue weighted by Crippen LogP contribution is 2.24. The van der Waals surface area contributed by atoms with Gasteiger partial charge in [0, 0.05) is 42.1 Å². The van der Waals surface area contributed by atoms with Crippen LogP contribution in [0.15, 0.2) is 48.7 Å². The molecule has 120 valence electrons. The van der Waals surface area contributed by atoms with Crippen LogP contribution in [0.5, 0.6) is 0 Å². The number of nitrogens with zero attached hydrogens (tertiary/aromatic N) is 1. The largest absolute Gasteiger partial charge is 0.352 e. The Hall–Kier alpha value is -3.08. The Labute approximate surface area is 139 Å². The lowest BCUT2D eigenvalue weighted by Gasteiger charge is -2.20. The van der Waals surface area contributed by atoms with E-state index in [-0.39, 0.29) is 11.8 Å². The van der Waals surface area contributed by atoms with E-state index in [1.807, 2.05) is 48.1 Å². The van der Waals surface area contributed by atoms with Gasteiger partial charge in [0.2, 0.25) is 0 Å². The summed E-state index contributed by atoms with van der Waals surface area (Å²) in [7, 11) is 1.95. The Morgan fingerprint density at radius 1 is 1.21 bits per heavy atom. The van der Waals surface area contributed by atoms with Crippen molar-refractivity contribution in [1.29, 1.82) is 0 Å². The quantitative estimate of drug-likeness (QED) is 0.763. The molecule has 0 spiro atoms. The SMILES string of the molecule is Cn1ccc2ccc(C(=O)Nc3cccc4c3CCNC4=O)cc21. The number of aryl methyl sites for hydroxylation is 1. The van der Waals surface area contributed by atoms with Crippen molar-refractivity contribution in [3.05, 3.63) is 65.4 Å². The van der Waals surface area contributed by atoms with E-state index in [1.165, 1.54) is 0 Å². The predicted molar refractivity (Wildman–Crippen MR) is 93.4 cm³/mol. The molecule has 2 aromatic carbocycles. The molecule has 0 atom stereocenters. The number of aromatic nitrogens is 1. The molecular weight excluding hydrogens is 302 g/mol. The van der Waals surface area contributed by atoms with Gasteiger partial charge in [-0.05, 0) is 47.7 Å². The van der Waals surface area contributed by atoms with E-state index >= 15 is 0 Å². The van der Waals surface area contributed by atoms with Gasteiger partial charge in [-0.25, -0.2) is 0 Å². The molecule has 2 amide bonds. The molecule has 4 rings (SSSR count). The van der Waals surface area contributed by atoms with Crippen LogP contribution in [0.25, 0.3) is 10.9 Å². The Morgan fingerprint density at radius 2 is 2.08 bits per heavy atom. The third-order valence-corrected chi connectivity index (χ3v) is 4.48. The van der Waals surface area contributed by atoms with Crippen LogP contribution in [-0.2, 0) is 13.5 Å². The number of nitrogens with one attached hydrogen (secondary N) is 2. The maximum absolute atomic E-state index is 12.6. The van der Waals surface area contributed by atoms with Gasteiger partial charge in [0.1, 0.15) is 0 Å². The third kappa shape index (κ3) is 2.34. The van der Waals surface area contributed by atoms with E-state index in [9.17, 15) is 9.59 Å². The van der Waals surface area contributed by atoms with Crippen molar-refractivity contribution in [2.45, 2.75) is 6.42 Å². The van der Waals surface area contributed by atoms with Gasteiger partial charge in [0.15, 0.2) is 0 Å². The smallest absolute Gasteiger partial charge is 0.255 e. The van der Waals surface area contributed by atoms with E-state index in [0.717, 1.165) is 16.5 Å². The number of amides is 2. The van der Waals surface area contributed by atoms with Crippen LogP contribution in [0.2, 0.25) is 0 Å². The van der Waals surface area contributed by atoms with Crippen LogP contribution in [0.4, 0.5) is 5.69 Å². The van der Waals surface area contributed by atoms with Crippen molar-refractivity contribution in [2.24, 2.45) is 7.05 Å². The molecule has 24 heavy (non-hydrogen) atoms. The molecule has 5 heteroatoms. The van der Waals surface area contributed by atoms with Gasteiger partial charge in [-0.15, -0.1) is 0 Å². The Morgan fingerprint density at radius 3 is 2.96 bits per heavy atom. The predicted octanol–water partition coefficient (Wildman–Crippen LogP) is 2.72. The third-order valence-electron chi connectivity index (χ3n) is 4.48. The minimum absolute atomic E-state index is 0.0856. The first-order valence-corrected chi connectivity index (χ1v) is 7.90. The second-order valence-corrected chi connectivity index (χ2v) is 5.99. The fourth-order valence-electron chi connectivity index (χ4n) is 3.18. The number of carbonyl (C=O) groups is 2. The number of anilines is 1. The Bertz CT molecular complexity index is 972. The number of rotatable bonds is 2. The van der Waals surface area contributed by atoms with Crippen LogP contribution >= 0.6 is 0 Å². The van der Waals surface area contributed by atoms with E-state index in [2.05, 4.69) is 10.6 Å². The number of carbonyl (C=O) groups excluding carboxylic acids is 2. The van der Waals surface area contributed by atoms with Crippen LogP contribution < -0.4 is 10.6 Å². The fraction of sp³-hybridized carbons (Fsp3) is 0.158. The van der Waals surface area contributed by atoms with Gasteiger partial charge in [-0.1, -0.05) is 12.1 Å². The summed E-state index contributed by atoms with van der Waals surface area (Å²) < 4.78 is 1.99. The molecule has 0 unspecified atom stereocenters. The van der Waals surface area contributed by atoms with Crippen LogP contribution in [0.1, 0.15) is 26.3 Å². The first-order valence-electron chi connectivity index (χ1n) is 7.90. The standard InChI is InChI=1S/C19H17N3O2/c1-22-10-8-12-5-6-13(11-17(12)22)18(23)21-16-4-2-3-15-14(16)7-9-20-19(15)24/h2-6,8,10-11H,7,9H2,1H3,(H,20,24)(H,21,23). The average Bonchev–Trinajstić information content (AvgIpc) is 2.96. The molecule has 0 fully saturated rings. The van der Waals surface area contributed by atoms with Crippen molar-refractivity contribution in [1.82, 2.24) is 9.88 Å². The molecule has 0 saturated heterocycles. The zero-order valence-corrected chi connectivity index (χ0v) is 13.3. The maximum Gasteiger partial charge on any atom is 0.255 e. The first-order chi connectivity index (χ1) is 11.6. The minimum atomic E-state index is -0.169. The molecule has 2 N–H and O–H groups in total. The van der Waals surface area contributed by atoms with Gasteiger partial charge in [0.25, 0.3) is 11.8 Å². The molecule has 0 aliphatic carbocycles. The summed E-state index contributed by atoms with van der Waals surface area (Å²) in [4.78, 5) is 24.6. The van der Waals surface area contributed by atoms with Gasteiger partial charge in [-0.2, -0.15) is 0 Å². The molecule has 0 saturated carbocycles. The molecule has 1 aliphatic rings. The number of hydrogen-bond donors (Lipinski definition) is 2. The molecule has 0 radical (unpaired) electrons. The molecule has 5 nitrogen and oxygen atoms in total. The minimum Gasteiger partial charge on any atom is -0.352 e. The van der Waals surface area contributed by atoms with Crippen LogP contribution in [-0.4, -0.2) is 22.9 Å². The Balaban J connectivity index is 1.67. The number of fused-ring (bicyclic) bond motifs is 2. The summed E-state index contributed by atoms with van der Waals surface area (Å²) in [6.45, 7) is 0.591. The lowest BCUT2D eigenvalue weighted by Crippen LogP contribution is -2.32. The summed E-state index contributed by atoms with van der Waals surface area (Å²) in [5.74, 6) is -0.255. The normalized spacial score (nSPS) is 13.5.